The zero-order valence-electron chi connectivity index (χ0n) is 12.4. The van der Waals surface area contributed by atoms with Gasteiger partial charge in [-0.1, -0.05) is 6.07 Å². The van der Waals surface area contributed by atoms with Gasteiger partial charge in [0.1, 0.15) is 5.75 Å². The molecule has 1 rings (SSSR count). The number of hydrogen-bond donors (Lipinski definition) is 0. The highest BCUT2D eigenvalue weighted by molar-refractivity contribution is 8.07. The molecule has 0 saturated heterocycles. The van der Waals surface area contributed by atoms with Crippen molar-refractivity contribution in [2.45, 2.75) is 32.0 Å². The summed E-state index contributed by atoms with van der Waals surface area (Å²) in [4.78, 5) is 0.954. The number of methoxy groups -OCH3 is 1. The predicted octanol–water partition coefficient (Wildman–Crippen LogP) is 4.07. The van der Waals surface area contributed by atoms with Crippen molar-refractivity contribution in [3.8, 4) is 5.75 Å². The topological polar surface area (TPSA) is 36.9 Å². The second-order valence-electron chi connectivity index (χ2n) is 3.93. The van der Waals surface area contributed by atoms with Gasteiger partial charge in [0.25, 0.3) is 0 Å². The molecule has 1 aromatic rings. The monoisotopic (exact) mass is 318 g/mol. The molecule has 0 aliphatic carbocycles. The van der Waals surface area contributed by atoms with Gasteiger partial charge in [0.05, 0.1) is 17.8 Å². The van der Waals surface area contributed by atoms with Crippen LogP contribution in [0.25, 0.3) is 0 Å². The molecule has 0 fully saturated rings. The number of rotatable bonds is 10. The highest BCUT2D eigenvalue weighted by atomic mass is 32.2. The van der Waals surface area contributed by atoms with Gasteiger partial charge in [-0.2, -0.15) is 0 Å². The SMILES string of the molecule is CCOC(CSOSc1ccc(C)cc1OC)OCC. The summed E-state index contributed by atoms with van der Waals surface area (Å²) in [5, 5.41) is 0. The van der Waals surface area contributed by atoms with Crippen LogP contribution >= 0.6 is 24.1 Å². The summed E-state index contributed by atoms with van der Waals surface area (Å²) < 4.78 is 21.7. The zero-order chi connectivity index (χ0) is 14.8. The maximum Gasteiger partial charge on any atom is 0.168 e. The summed E-state index contributed by atoms with van der Waals surface area (Å²) in [5.41, 5.74) is 1.16. The molecule has 0 saturated carbocycles. The Morgan fingerprint density at radius 1 is 1.15 bits per heavy atom. The van der Waals surface area contributed by atoms with Crippen LogP contribution in [-0.2, 0) is 13.1 Å². The minimum atomic E-state index is -0.226. The molecule has 4 nitrogen and oxygen atoms in total. The molecule has 0 unspecified atom stereocenters. The molecule has 0 aliphatic heterocycles. The van der Waals surface area contributed by atoms with Gasteiger partial charge in [-0.3, -0.25) is 0 Å². The molecule has 20 heavy (non-hydrogen) atoms. The molecule has 0 aliphatic rings. The van der Waals surface area contributed by atoms with E-state index in [-0.39, 0.29) is 6.29 Å². The van der Waals surface area contributed by atoms with Crippen molar-refractivity contribution in [1.82, 2.24) is 0 Å². The first-order valence-electron chi connectivity index (χ1n) is 6.55. The van der Waals surface area contributed by atoms with Crippen LogP contribution in [-0.4, -0.2) is 32.4 Å². The average molecular weight is 318 g/mol. The van der Waals surface area contributed by atoms with E-state index in [0.29, 0.717) is 19.0 Å². The quantitative estimate of drug-likeness (QED) is 0.368. The normalized spacial score (nSPS) is 11.1. The minimum absolute atomic E-state index is 0.226. The molecule has 0 heterocycles. The van der Waals surface area contributed by atoms with E-state index in [1.165, 1.54) is 24.1 Å². The lowest BCUT2D eigenvalue weighted by Crippen LogP contribution is -2.19. The highest BCUT2D eigenvalue weighted by Gasteiger charge is 2.10. The van der Waals surface area contributed by atoms with Crippen molar-refractivity contribution in [1.29, 1.82) is 0 Å². The molecule has 0 N–H and O–H groups in total. The van der Waals surface area contributed by atoms with Gasteiger partial charge < -0.3 is 14.2 Å². The maximum absolute atomic E-state index is 5.52. The average Bonchev–Trinajstić information content (AvgIpc) is 2.45. The molecule has 0 radical (unpaired) electrons. The molecule has 0 atom stereocenters. The van der Waals surface area contributed by atoms with Crippen molar-refractivity contribution >= 4 is 24.1 Å². The third-order valence-corrected chi connectivity index (χ3v) is 3.98. The van der Waals surface area contributed by atoms with Gasteiger partial charge in [0, 0.05) is 37.3 Å². The summed E-state index contributed by atoms with van der Waals surface area (Å²) in [6.07, 6.45) is -0.226. The van der Waals surface area contributed by atoms with E-state index in [2.05, 4.69) is 0 Å². The van der Waals surface area contributed by atoms with Crippen LogP contribution in [0, 0.1) is 6.92 Å². The van der Waals surface area contributed by atoms with E-state index in [1.807, 2.05) is 39.0 Å². The molecule has 0 spiro atoms. The van der Waals surface area contributed by atoms with Crippen LogP contribution in [0.2, 0.25) is 0 Å². The second kappa shape index (κ2) is 10.3. The van der Waals surface area contributed by atoms with E-state index in [1.54, 1.807) is 7.11 Å². The highest BCUT2D eigenvalue weighted by Crippen LogP contribution is 2.33. The van der Waals surface area contributed by atoms with Gasteiger partial charge in [-0.15, -0.1) is 0 Å². The van der Waals surface area contributed by atoms with E-state index in [0.717, 1.165) is 16.2 Å². The Morgan fingerprint density at radius 3 is 2.45 bits per heavy atom. The summed E-state index contributed by atoms with van der Waals surface area (Å²) in [6, 6.07) is 6.00. The van der Waals surface area contributed by atoms with Crippen LogP contribution < -0.4 is 4.74 Å². The molecule has 114 valence electrons. The third kappa shape index (κ3) is 6.37. The molecule has 0 bridgehead atoms. The number of hydrogen-bond acceptors (Lipinski definition) is 6. The van der Waals surface area contributed by atoms with E-state index in [9.17, 15) is 0 Å². The Labute approximate surface area is 129 Å². The summed E-state index contributed by atoms with van der Waals surface area (Å²) in [7, 11) is 1.66. The van der Waals surface area contributed by atoms with E-state index >= 15 is 0 Å². The minimum Gasteiger partial charge on any atom is -0.495 e. The van der Waals surface area contributed by atoms with Crippen molar-refractivity contribution in [3.63, 3.8) is 0 Å². The molecule has 0 amide bonds. The molecule has 1 aromatic carbocycles. The Bertz CT molecular complexity index is 381. The van der Waals surface area contributed by atoms with Gasteiger partial charge in [0.2, 0.25) is 0 Å². The summed E-state index contributed by atoms with van der Waals surface area (Å²) in [5.74, 6) is 1.45. The van der Waals surface area contributed by atoms with Gasteiger partial charge in [-0.05, 0) is 38.5 Å². The number of ether oxygens (including phenoxy) is 3. The Hall–Kier alpha value is -0.400. The Morgan fingerprint density at radius 2 is 1.85 bits per heavy atom. The van der Waals surface area contributed by atoms with Gasteiger partial charge in [-0.25, -0.2) is 3.63 Å². The molecular formula is C14H22O4S2. The standard InChI is InChI=1S/C14H22O4S2/c1-5-16-14(17-6-2)10-19-18-20-13-8-7-11(3)9-12(13)15-4/h7-9,14H,5-6,10H2,1-4H3. The molecular weight excluding hydrogens is 296 g/mol. The molecule has 0 aromatic heterocycles. The lowest BCUT2D eigenvalue weighted by atomic mass is 10.2. The Balaban J connectivity index is 2.36. The van der Waals surface area contributed by atoms with Crippen molar-refractivity contribution in [3.05, 3.63) is 23.8 Å². The van der Waals surface area contributed by atoms with Crippen LogP contribution in [0.4, 0.5) is 0 Å². The first-order chi connectivity index (χ1) is 9.71. The van der Waals surface area contributed by atoms with E-state index < -0.39 is 0 Å². The third-order valence-electron chi connectivity index (χ3n) is 2.40. The lowest BCUT2D eigenvalue weighted by Gasteiger charge is -2.15. The fraction of sp³-hybridized carbons (Fsp3) is 0.571. The van der Waals surface area contributed by atoms with Crippen molar-refractivity contribution in [2.75, 3.05) is 26.1 Å². The second-order valence-corrected chi connectivity index (χ2v) is 5.65. The fourth-order valence-corrected chi connectivity index (χ4v) is 2.86. The fourth-order valence-electron chi connectivity index (χ4n) is 1.50. The van der Waals surface area contributed by atoms with Crippen LogP contribution in [0.15, 0.2) is 23.1 Å². The smallest absolute Gasteiger partial charge is 0.168 e. The van der Waals surface area contributed by atoms with Crippen molar-refractivity contribution < 1.29 is 17.8 Å². The van der Waals surface area contributed by atoms with Crippen molar-refractivity contribution in [2.24, 2.45) is 0 Å². The zero-order valence-corrected chi connectivity index (χ0v) is 14.0. The Kier molecular flexibility index (Phi) is 9.13. The number of benzene rings is 1. The van der Waals surface area contributed by atoms with E-state index in [4.69, 9.17) is 17.8 Å². The van der Waals surface area contributed by atoms with Gasteiger partial charge >= 0.3 is 0 Å². The van der Waals surface area contributed by atoms with Crippen LogP contribution in [0.3, 0.4) is 0 Å². The molecule has 6 heteroatoms. The predicted molar refractivity (Wildman–Crippen MR) is 84.2 cm³/mol. The summed E-state index contributed by atoms with van der Waals surface area (Å²) in [6.45, 7) is 7.18. The van der Waals surface area contributed by atoms with Crippen LogP contribution in [0.5, 0.6) is 5.75 Å². The van der Waals surface area contributed by atoms with Crippen LogP contribution in [0.1, 0.15) is 19.4 Å². The first kappa shape index (κ1) is 17.7. The number of aryl methyl sites for hydroxylation is 1. The maximum atomic E-state index is 5.52. The lowest BCUT2D eigenvalue weighted by molar-refractivity contribution is -0.120. The summed E-state index contributed by atoms with van der Waals surface area (Å²) >= 11 is 2.60. The largest absolute Gasteiger partial charge is 0.495 e. The van der Waals surface area contributed by atoms with Gasteiger partial charge in [0.15, 0.2) is 6.29 Å². The first-order valence-corrected chi connectivity index (χ1v) is 8.20.